The van der Waals surface area contributed by atoms with Gasteiger partial charge in [0.2, 0.25) is 5.91 Å². The van der Waals surface area contributed by atoms with Crippen LogP contribution >= 0.6 is 15.9 Å². The van der Waals surface area contributed by atoms with Crippen molar-refractivity contribution in [1.82, 2.24) is 9.80 Å². The SMILES string of the molecule is CC(C)C[C@H](C(=O)O)N1CCN(C(=O)OC(C)(C)C)[C@@H](Cc2ccccc2Br)C1=O. The Kier molecular flexibility index (Phi) is 7.91. The van der Waals surface area contributed by atoms with Crippen molar-refractivity contribution in [3.63, 3.8) is 0 Å². The topological polar surface area (TPSA) is 87.2 Å². The van der Waals surface area contributed by atoms with Crippen LogP contribution in [0.3, 0.4) is 0 Å². The highest BCUT2D eigenvalue weighted by atomic mass is 79.9. The Balaban J connectivity index is 2.37. The Bertz CT molecular complexity index is 790. The van der Waals surface area contributed by atoms with Crippen molar-refractivity contribution in [2.75, 3.05) is 13.1 Å². The molecule has 1 aliphatic heterocycles. The smallest absolute Gasteiger partial charge is 0.411 e. The number of ether oxygens (including phenoxy) is 1. The molecule has 8 heteroatoms. The number of carboxylic acids is 1. The number of carbonyl (C=O) groups is 3. The van der Waals surface area contributed by atoms with Crippen molar-refractivity contribution in [3.05, 3.63) is 34.3 Å². The van der Waals surface area contributed by atoms with Crippen LogP contribution in [0.15, 0.2) is 28.7 Å². The molecular formula is C22H31BrN2O5. The molecule has 7 nitrogen and oxygen atoms in total. The van der Waals surface area contributed by atoms with Gasteiger partial charge in [0.25, 0.3) is 0 Å². The van der Waals surface area contributed by atoms with Crippen LogP contribution in [0.5, 0.6) is 0 Å². The normalized spacial score (nSPS) is 18.5. The third-order valence-corrected chi connectivity index (χ3v) is 5.65. The first-order valence-electron chi connectivity index (χ1n) is 10.2. The average Bonchev–Trinajstić information content (AvgIpc) is 2.61. The number of halogens is 1. The number of rotatable bonds is 6. The average molecular weight is 483 g/mol. The van der Waals surface area contributed by atoms with Gasteiger partial charge in [-0.25, -0.2) is 9.59 Å². The zero-order chi connectivity index (χ0) is 22.6. The van der Waals surface area contributed by atoms with Gasteiger partial charge in [-0.15, -0.1) is 0 Å². The molecule has 1 N–H and O–H groups in total. The van der Waals surface area contributed by atoms with Crippen LogP contribution in [0, 0.1) is 5.92 Å². The van der Waals surface area contributed by atoms with E-state index in [0.29, 0.717) is 6.42 Å². The Morgan fingerprint density at radius 1 is 1.23 bits per heavy atom. The molecule has 0 unspecified atom stereocenters. The quantitative estimate of drug-likeness (QED) is 0.663. The van der Waals surface area contributed by atoms with Crippen molar-refractivity contribution < 1.29 is 24.2 Å². The maximum Gasteiger partial charge on any atom is 0.411 e. The van der Waals surface area contributed by atoms with E-state index in [9.17, 15) is 19.5 Å². The highest BCUT2D eigenvalue weighted by Gasteiger charge is 2.43. The number of piperazine rings is 1. The van der Waals surface area contributed by atoms with E-state index in [0.717, 1.165) is 10.0 Å². The van der Waals surface area contributed by atoms with E-state index in [4.69, 9.17) is 4.74 Å². The van der Waals surface area contributed by atoms with Crippen LogP contribution < -0.4 is 0 Å². The minimum absolute atomic E-state index is 0.115. The lowest BCUT2D eigenvalue weighted by atomic mass is 9.97. The molecule has 1 aromatic carbocycles. The van der Waals surface area contributed by atoms with E-state index < -0.39 is 29.7 Å². The van der Waals surface area contributed by atoms with Crippen LogP contribution in [-0.4, -0.2) is 63.7 Å². The summed E-state index contributed by atoms with van der Waals surface area (Å²) in [5, 5.41) is 9.73. The second-order valence-electron chi connectivity index (χ2n) is 9.00. The highest BCUT2D eigenvalue weighted by molar-refractivity contribution is 9.10. The summed E-state index contributed by atoms with van der Waals surface area (Å²) < 4.78 is 6.35. The second kappa shape index (κ2) is 9.81. The second-order valence-corrected chi connectivity index (χ2v) is 9.85. The fourth-order valence-electron chi connectivity index (χ4n) is 3.53. The first kappa shape index (κ1) is 24.2. The molecule has 1 saturated heterocycles. The van der Waals surface area contributed by atoms with Crippen LogP contribution in [0.2, 0.25) is 0 Å². The Hall–Kier alpha value is -2.09. The fourth-order valence-corrected chi connectivity index (χ4v) is 3.98. The molecule has 1 aliphatic rings. The number of nitrogens with zero attached hydrogens (tertiary/aromatic N) is 2. The summed E-state index contributed by atoms with van der Waals surface area (Å²) in [7, 11) is 0. The molecule has 2 atom stereocenters. The van der Waals surface area contributed by atoms with Gasteiger partial charge in [0.15, 0.2) is 0 Å². The van der Waals surface area contributed by atoms with Gasteiger partial charge in [0.05, 0.1) is 0 Å². The zero-order valence-electron chi connectivity index (χ0n) is 18.2. The van der Waals surface area contributed by atoms with Crippen molar-refractivity contribution in [1.29, 1.82) is 0 Å². The van der Waals surface area contributed by atoms with Crippen LogP contribution in [0.4, 0.5) is 4.79 Å². The molecule has 0 aromatic heterocycles. The van der Waals surface area contributed by atoms with Crippen LogP contribution in [0.1, 0.15) is 46.6 Å². The molecule has 0 spiro atoms. The largest absolute Gasteiger partial charge is 0.480 e. The zero-order valence-corrected chi connectivity index (χ0v) is 19.8. The van der Waals surface area contributed by atoms with E-state index in [2.05, 4.69) is 15.9 Å². The Morgan fingerprint density at radius 2 is 1.87 bits per heavy atom. The number of carbonyl (C=O) groups excluding carboxylic acids is 2. The summed E-state index contributed by atoms with van der Waals surface area (Å²) in [4.78, 5) is 41.0. The molecule has 0 saturated carbocycles. The monoisotopic (exact) mass is 482 g/mol. The number of hydrogen-bond acceptors (Lipinski definition) is 4. The van der Waals surface area contributed by atoms with Gasteiger partial charge in [0.1, 0.15) is 17.7 Å². The predicted octanol–water partition coefficient (Wildman–Crippen LogP) is 3.94. The summed E-state index contributed by atoms with van der Waals surface area (Å²) in [5.41, 5.74) is 0.165. The van der Waals surface area contributed by atoms with Gasteiger partial charge in [-0.05, 0) is 44.7 Å². The van der Waals surface area contributed by atoms with Crippen molar-refractivity contribution >= 4 is 33.9 Å². The fraction of sp³-hybridized carbons (Fsp3) is 0.591. The third-order valence-electron chi connectivity index (χ3n) is 4.88. The van der Waals surface area contributed by atoms with E-state index in [1.807, 2.05) is 38.1 Å². The van der Waals surface area contributed by atoms with E-state index in [1.165, 1.54) is 9.80 Å². The first-order chi connectivity index (χ1) is 13.9. The maximum atomic E-state index is 13.4. The van der Waals surface area contributed by atoms with E-state index in [1.54, 1.807) is 20.8 Å². The van der Waals surface area contributed by atoms with E-state index in [-0.39, 0.29) is 31.3 Å². The summed E-state index contributed by atoms with van der Waals surface area (Å²) in [6.45, 7) is 9.55. The van der Waals surface area contributed by atoms with Gasteiger partial charge in [0, 0.05) is 24.0 Å². The van der Waals surface area contributed by atoms with E-state index >= 15 is 0 Å². The number of carboxylic acid groups (broad SMARTS) is 1. The summed E-state index contributed by atoms with van der Waals surface area (Å²) >= 11 is 3.50. The molecule has 1 fully saturated rings. The number of aliphatic carboxylic acids is 1. The van der Waals surface area contributed by atoms with Gasteiger partial charge in [-0.3, -0.25) is 9.69 Å². The lowest BCUT2D eigenvalue weighted by Crippen LogP contribution is -2.63. The van der Waals surface area contributed by atoms with Gasteiger partial charge < -0.3 is 14.7 Å². The number of hydrogen-bond donors (Lipinski definition) is 1. The summed E-state index contributed by atoms with van der Waals surface area (Å²) in [5.74, 6) is -1.28. The molecule has 2 rings (SSSR count). The number of benzene rings is 1. The highest BCUT2D eigenvalue weighted by Crippen LogP contribution is 2.26. The van der Waals surface area contributed by atoms with Gasteiger partial charge >= 0.3 is 12.1 Å². The molecular weight excluding hydrogens is 452 g/mol. The van der Waals surface area contributed by atoms with Crippen LogP contribution in [0.25, 0.3) is 0 Å². The minimum Gasteiger partial charge on any atom is -0.480 e. The van der Waals surface area contributed by atoms with Crippen molar-refractivity contribution in [2.24, 2.45) is 5.92 Å². The molecule has 1 aromatic rings. The maximum absolute atomic E-state index is 13.4. The standard InChI is InChI=1S/C22H31BrN2O5/c1-14(2)12-18(20(27)28)24-10-11-25(21(29)30-22(3,4)5)17(19(24)26)13-15-8-6-7-9-16(15)23/h6-9,14,17-18H,10-13H2,1-5H3,(H,27,28)/t17-,18+/m0/s1. The molecule has 0 aliphatic carbocycles. The third kappa shape index (κ3) is 6.20. The minimum atomic E-state index is -1.03. The Morgan fingerprint density at radius 3 is 2.40 bits per heavy atom. The summed E-state index contributed by atoms with van der Waals surface area (Å²) in [6.07, 6.45) is 0.0579. The van der Waals surface area contributed by atoms with Crippen molar-refractivity contribution in [2.45, 2.75) is 65.1 Å². The molecule has 0 radical (unpaired) electrons. The molecule has 30 heavy (non-hydrogen) atoms. The molecule has 2 amide bonds. The summed E-state index contributed by atoms with van der Waals surface area (Å²) in [6, 6.07) is 5.74. The van der Waals surface area contributed by atoms with Crippen molar-refractivity contribution in [3.8, 4) is 0 Å². The molecule has 0 bridgehead atoms. The van der Waals surface area contributed by atoms with Gasteiger partial charge in [-0.2, -0.15) is 0 Å². The first-order valence-corrected chi connectivity index (χ1v) is 11.0. The lowest BCUT2D eigenvalue weighted by molar-refractivity contribution is -0.156. The van der Waals surface area contributed by atoms with Crippen LogP contribution in [-0.2, 0) is 20.7 Å². The Labute approximate surface area is 186 Å². The lowest BCUT2D eigenvalue weighted by Gasteiger charge is -2.43. The molecule has 166 valence electrons. The molecule has 1 heterocycles. The van der Waals surface area contributed by atoms with Gasteiger partial charge in [-0.1, -0.05) is 48.0 Å². The number of amides is 2. The predicted molar refractivity (Wildman–Crippen MR) is 117 cm³/mol.